The Kier molecular flexibility index (Phi) is 5.13. The number of ether oxygens (including phenoxy) is 1. The Morgan fingerprint density at radius 2 is 2.18 bits per heavy atom. The molecular weight excluding hydrogens is 276 g/mol. The van der Waals surface area contributed by atoms with Gasteiger partial charge in [-0.15, -0.1) is 0 Å². The van der Waals surface area contributed by atoms with E-state index in [9.17, 15) is 0 Å². The number of anilines is 2. The van der Waals surface area contributed by atoms with E-state index >= 15 is 0 Å². The molecule has 2 aliphatic rings. The average Bonchev–Trinajstić information content (AvgIpc) is 3.06. The Morgan fingerprint density at radius 3 is 2.95 bits per heavy atom. The molecule has 0 amide bonds. The molecule has 1 aromatic rings. The minimum absolute atomic E-state index is 0.331. The van der Waals surface area contributed by atoms with Crippen LogP contribution in [0.4, 0.5) is 11.6 Å². The molecule has 2 atom stereocenters. The zero-order valence-electron chi connectivity index (χ0n) is 13.8. The van der Waals surface area contributed by atoms with Crippen LogP contribution in [0.5, 0.6) is 0 Å². The Morgan fingerprint density at radius 1 is 1.27 bits per heavy atom. The predicted molar refractivity (Wildman–Crippen MR) is 89.5 cm³/mol. The zero-order chi connectivity index (χ0) is 15.4. The van der Waals surface area contributed by atoms with Crippen molar-refractivity contribution in [2.75, 3.05) is 29.9 Å². The van der Waals surface area contributed by atoms with Crippen molar-refractivity contribution < 1.29 is 4.74 Å². The summed E-state index contributed by atoms with van der Waals surface area (Å²) in [4.78, 5) is 11.7. The molecule has 5 heteroatoms. The fourth-order valence-electron chi connectivity index (χ4n) is 3.54. The van der Waals surface area contributed by atoms with Gasteiger partial charge in [-0.25, -0.2) is 9.97 Å². The monoisotopic (exact) mass is 304 g/mol. The number of aryl methyl sites for hydroxylation is 1. The minimum atomic E-state index is 0.331. The highest BCUT2D eigenvalue weighted by Gasteiger charge is 2.23. The molecule has 0 aromatic carbocycles. The van der Waals surface area contributed by atoms with Crippen LogP contribution in [-0.4, -0.2) is 41.8 Å². The summed E-state index contributed by atoms with van der Waals surface area (Å²) in [5.74, 6) is 2.85. The molecular formula is C17H28N4O. The van der Waals surface area contributed by atoms with Gasteiger partial charge in [0.25, 0.3) is 0 Å². The van der Waals surface area contributed by atoms with E-state index in [1.54, 1.807) is 0 Å². The quantitative estimate of drug-likeness (QED) is 0.905. The highest BCUT2D eigenvalue weighted by atomic mass is 16.5. The molecule has 1 aromatic heterocycles. The van der Waals surface area contributed by atoms with Crippen LogP contribution in [0.3, 0.4) is 0 Å². The molecule has 2 aliphatic heterocycles. The van der Waals surface area contributed by atoms with Crippen molar-refractivity contribution in [1.29, 1.82) is 0 Å². The smallest absolute Gasteiger partial charge is 0.134 e. The van der Waals surface area contributed by atoms with Gasteiger partial charge in [-0.3, -0.25) is 0 Å². The summed E-state index contributed by atoms with van der Waals surface area (Å²) in [6.07, 6.45) is 7.71. The lowest BCUT2D eigenvalue weighted by atomic mass is 10.00. The number of nitrogens with one attached hydrogen (secondary N) is 1. The predicted octanol–water partition coefficient (Wildman–Crippen LogP) is 3.14. The average molecular weight is 304 g/mol. The van der Waals surface area contributed by atoms with Gasteiger partial charge in [0.15, 0.2) is 0 Å². The van der Waals surface area contributed by atoms with Crippen LogP contribution in [0.1, 0.15) is 51.3 Å². The van der Waals surface area contributed by atoms with Crippen molar-refractivity contribution in [3.8, 4) is 0 Å². The van der Waals surface area contributed by atoms with Gasteiger partial charge in [0.2, 0.25) is 0 Å². The first-order valence-corrected chi connectivity index (χ1v) is 8.74. The molecule has 0 saturated carbocycles. The second-order valence-electron chi connectivity index (χ2n) is 6.43. The van der Waals surface area contributed by atoms with Gasteiger partial charge in [-0.05, 0) is 45.4 Å². The standard InChI is InChI=1S/C17H28N4O/c1-3-14-7-4-5-9-21(14)17-11-16(19-13(2)20-17)18-12-15-8-6-10-22-15/h11,14-15H,3-10,12H2,1-2H3,(H,18,19,20). The summed E-state index contributed by atoms with van der Waals surface area (Å²) < 4.78 is 5.67. The van der Waals surface area contributed by atoms with E-state index in [-0.39, 0.29) is 0 Å². The Balaban J connectivity index is 1.70. The molecule has 2 unspecified atom stereocenters. The zero-order valence-corrected chi connectivity index (χ0v) is 13.8. The third kappa shape index (κ3) is 3.69. The Bertz CT molecular complexity index is 488. The molecule has 0 spiro atoms. The summed E-state index contributed by atoms with van der Waals surface area (Å²) in [7, 11) is 0. The van der Waals surface area contributed by atoms with Crippen molar-refractivity contribution in [1.82, 2.24) is 9.97 Å². The molecule has 3 heterocycles. The highest BCUT2D eigenvalue weighted by Crippen LogP contribution is 2.26. The summed E-state index contributed by atoms with van der Waals surface area (Å²) in [5, 5.41) is 3.44. The minimum Gasteiger partial charge on any atom is -0.376 e. The van der Waals surface area contributed by atoms with Gasteiger partial charge in [0, 0.05) is 31.8 Å². The third-order valence-electron chi connectivity index (χ3n) is 4.75. The van der Waals surface area contributed by atoms with Crippen LogP contribution in [0.2, 0.25) is 0 Å². The summed E-state index contributed by atoms with van der Waals surface area (Å²) in [6, 6.07) is 2.73. The second-order valence-corrected chi connectivity index (χ2v) is 6.43. The molecule has 0 bridgehead atoms. The molecule has 22 heavy (non-hydrogen) atoms. The number of rotatable bonds is 5. The van der Waals surface area contributed by atoms with Crippen LogP contribution >= 0.6 is 0 Å². The van der Waals surface area contributed by atoms with Crippen molar-refractivity contribution >= 4 is 11.6 Å². The molecule has 1 N–H and O–H groups in total. The van der Waals surface area contributed by atoms with Crippen LogP contribution in [-0.2, 0) is 4.74 Å². The van der Waals surface area contributed by atoms with Crippen molar-refractivity contribution in [2.24, 2.45) is 0 Å². The number of aromatic nitrogens is 2. The van der Waals surface area contributed by atoms with Crippen LogP contribution < -0.4 is 10.2 Å². The first kappa shape index (κ1) is 15.5. The summed E-state index contributed by atoms with van der Waals surface area (Å²) in [5.41, 5.74) is 0. The summed E-state index contributed by atoms with van der Waals surface area (Å²) in [6.45, 7) is 7.10. The SMILES string of the molecule is CCC1CCCCN1c1cc(NCC2CCCO2)nc(C)n1. The van der Waals surface area contributed by atoms with Gasteiger partial charge in [-0.2, -0.15) is 0 Å². The lowest BCUT2D eigenvalue weighted by Gasteiger charge is -2.36. The molecule has 122 valence electrons. The maximum Gasteiger partial charge on any atom is 0.134 e. The van der Waals surface area contributed by atoms with Crippen LogP contribution in [0.15, 0.2) is 6.07 Å². The molecule has 2 saturated heterocycles. The lowest BCUT2D eigenvalue weighted by Crippen LogP contribution is -2.39. The van der Waals surface area contributed by atoms with E-state index in [0.29, 0.717) is 12.1 Å². The second kappa shape index (κ2) is 7.27. The maximum atomic E-state index is 5.67. The highest BCUT2D eigenvalue weighted by molar-refractivity contribution is 5.50. The lowest BCUT2D eigenvalue weighted by molar-refractivity contribution is 0.120. The topological polar surface area (TPSA) is 50.3 Å². The molecule has 0 radical (unpaired) electrons. The van der Waals surface area contributed by atoms with Crippen LogP contribution in [0, 0.1) is 6.92 Å². The van der Waals surface area contributed by atoms with E-state index in [1.807, 2.05) is 6.92 Å². The van der Waals surface area contributed by atoms with E-state index < -0.39 is 0 Å². The fraction of sp³-hybridized carbons (Fsp3) is 0.765. The first-order valence-electron chi connectivity index (χ1n) is 8.74. The summed E-state index contributed by atoms with van der Waals surface area (Å²) >= 11 is 0. The van der Waals surface area contributed by atoms with E-state index in [2.05, 4.69) is 33.2 Å². The Hall–Kier alpha value is -1.36. The number of hydrogen-bond acceptors (Lipinski definition) is 5. The van der Waals surface area contributed by atoms with E-state index in [1.165, 1.54) is 32.1 Å². The fourth-order valence-corrected chi connectivity index (χ4v) is 3.54. The van der Waals surface area contributed by atoms with Crippen molar-refractivity contribution in [2.45, 2.75) is 64.5 Å². The van der Waals surface area contributed by atoms with Gasteiger partial charge in [-0.1, -0.05) is 6.92 Å². The van der Waals surface area contributed by atoms with Crippen LogP contribution in [0.25, 0.3) is 0 Å². The van der Waals surface area contributed by atoms with Gasteiger partial charge in [0.1, 0.15) is 17.5 Å². The maximum absolute atomic E-state index is 5.67. The normalized spacial score (nSPS) is 25.5. The molecule has 0 aliphatic carbocycles. The van der Waals surface area contributed by atoms with E-state index in [4.69, 9.17) is 4.74 Å². The van der Waals surface area contributed by atoms with Gasteiger partial charge < -0.3 is 15.0 Å². The van der Waals surface area contributed by atoms with Crippen molar-refractivity contribution in [3.05, 3.63) is 11.9 Å². The van der Waals surface area contributed by atoms with Gasteiger partial charge >= 0.3 is 0 Å². The largest absolute Gasteiger partial charge is 0.376 e. The third-order valence-corrected chi connectivity index (χ3v) is 4.75. The molecule has 2 fully saturated rings. The molecule has 5 nitrogen and oxygen atoms in total. The first-order chi connectivity index (χ1) is 10.8. The van der Waals surface area contributed by atoms with E-state index in [0.717, 1.165) is 43.6 Å². The van der Waals surface area contributed by atoms with Crippen molar-refractivity contribution in [3.63, 3.8) is 0 Å². The number of nitrogens with zero attached hydrogens (tertiary/aromatic N) is 3. The van der Waals surface area contributed by atoms with Gasteiger partial charge in [0.05, 0.1) is 6.10 Å². The number of piperidine rings is 1. The number of hydrogen-bond donors (Lipinski definition) is 1. The molecule has 3 rings (SSSR count). The Labute approximate surface area is 133 Å².